The van der Waals surface area contributed by atoms with E-state index >= 15 is 0 Å². The Balaban J connectivity index is 3.10. The van der Waals surface area contributed by atoms with Crippen LogP contribution in [0.4, 0.5) is 0 Å². The molecule has 0 aliphatic rings. The first kappa shape index (κ1) is 23.7. The summed E-state index contributed by atoms with van der Waals surface area (Å²) in [5.41, 5.74) is -1.28. The predicted molar refractivity (Wildman–Crippen MR) is 105 cm³/mol. The van der Waals surface area contributed by atoms with Crippen LogP contribution in [-0.2, 0) is 0 Å². The van der Waals surface area contributed by atoms with Crippen molar-refractivity contribution in [3.05, 3.63) is 23.3 Å². The van der Waals surface area contributed by atoms with E-state index in [1.165, 1.54) is 0 Å². The van der Waals surface area contributed by atoms with Crippen LogP contribution in [0.15, 0.2) is 12.1 Å². The highest BCUT2D eigenvalue weighted by Crippen LogP contribution is 2.29. The van der Waals surface area contributed by atoms with Gasteiger partial charge < -0.3 is 31.1 Å². The zero-order chi connectivity index (χ0) is 21.9. The SMILES string of the molecule is CC(C)(C)[C@@H](CO)NC(=O)c1cc(O)c(C(=O)N[C@H](CO)C(C)(C)C)cc1O. The Bertz CT molecular complexity index is 657. The number of benzene rings is 1. The number of aliphatic hydroxyl groups excluding tert-OH is 2. The minimum Gasteiger partial charge on any atom is -0.507 e. The Morgan fingerprint density at radius 2 is 1.07 bits per heavy atom. The van der Waals surface area contributed by atoms with Gasteiger partial charge in [0, 0.05) is 0 Å². The van der Waals surface area contributed by atoms with E-state index in [9.17, 15) is 30.0 Å². The van der Waals surface area contributed by atoms with Crippen LogP contribution in [-0.4, -0.2) is 57.5 Å². The van der Waals surface area contributed by atoms with Gasteiger partial charge in [-0.15, -0.1) is 0 Å². The molecule has 0 radical (unpaired) electrons. The van der Waals surface area contributed by atoms with Crippen molar-refractivity contribution >= 4 is 11.8 Å². The van der Waals surface area contributed by atoms with E-state index in [0.29, 0.717) is 0 Å². The second-order valence-corrected chi connectivity index (χ2v) is 9.04. The van der Waals surface area contributed by atoms with E-state index in [2.05, 4.69) is 10.6 Å². The van der Waals surface area contributed by atoms with Gasteiger partial charge in [0.15, 0.2) is 0 Å². The van der Waals surface area contributed by atoms with E-state index in [1.807, 2.05) is 41.5 Å². The van der Waals surface area contributed by atoms with Gasteiger partial charge in [-0.3, -0.25) is 9.59 Å². The quantitative estimate of drug-likeness (QED) is 0.402. The van der Waals surface area contributed by atoms with Crippen molar-refractivity contribution < 1.29 is 30.0 Å². The first-order valence-corrected chi connectivity index (χ1v) is 9.11. The molecule has 0 spiro atoms. The van der Waals surface area contributed by atoms with E-state index in [4.69, 9.17) is 0 Å². The lowest BCUT2D eigenvalue weighted by Gasteiger charge is -2.30. The molecule has 0 fully saturated rings. The van der Waals surface area contributed by atoms with Gasteiger partial charge in [0.05, 0.1) is 36.4 Å². The number of rotatable bonds is 6. The normalized spacial score (nSPS) is 14.3. The number of phenols is 2. The van der Waals surface area contributed by atoms with Gasteiger partial charge in [-0.2, -0.15) is 0 Å². The van der Waals surface area contributed by atoms with Crippen molar-refractivity contribution in [2.75, 3.05) is 13.2 Å². The number of hydrogen-bond donors (Lipinski definition) is 6. The standard InChI is InChI=1S/C20H32N2O6/c1-19(2,3)15(9-23)21-17(27)11-7-14(26)12(8-13(11)25)18(28)22-16(10-24)20(4,5)6/h7-8,15-16,23-26H,9-10H2,1-6H3,(H,21,27)(H,22,28)/t15-,16-/m1/s1. The van der Waals surface area contributed by atoms with Gasteiger partial charge in [-0.25, -0.2) is 0 Å². The highest BCUT2D eigenvalue weighted by Gasteiger charge is 2.29. The van der Waals surface area contributed by atoms with Gasteiger partial charge in [-0.05, 0) is 23.0 Å². The molecule has 1 rings (SSSR count). The van der Waals surface area contributed by atoms with Crippen molar-refractivity contribution in [1.82, 2.24) is 10.6 Å². The van der Waals surface area contributed by atoms with Crippen LogP contribution in [0.1, 0.15) is 62.3 Å². The molecule has 158 valence electrons. The highest BCUT2D eigenvalue weighted by molar-refractivity contribution is 6.02. The lowest BCUT2D eigenvalue weighted by molar-refractivity contribution is 0.0834. The van der Waals surface area contributed by atoms with E-state index in [0.717, 1.165) is 12.1 Å². The third-order valence-electron chi connectivity index (χ3n) is 4.67. The molecule has 28 heavy (non-hydrogen) atoms. The summed E-state index contributed by atoms with van der Waals surface area (Å²) in [6.45, 7) is 10.4. The molecule has 0 bridgehead atoms. The maximum atomic E-state index is 12.4. The van der Waals surface area contributed by atoms with Crippen LogP contribution >= 0.6 is 0 Å². The number of carbonyl (C=O) groups excluding carboxylic acids is 2. The third-order valence-corrected chi connectivity index (χ3v) is 4.67. The molecule has 2 amide bonds. The number of aromatic hydroxyl groups is 2. The lowest BCUT2D eigenvalue weighted by Crippen LogP contribution is -2.46. The second kappa shape index (κ2) is 8.79. The maximum Gasteiger partial charge on any atom is 0.255 e. The van der Waals surface area contributed by atoms with Gasteiger partial charge >= 0.3 is 0 Å². The molecule has 8 nitrogen and oxygen atoms in total. The smallest absolute Gasteiger partial charge is 0.255 e. The van der Waals surface area contributed by atoms with Gasteiger partial charge in [0.25, 0.3) is 11.8 Å². The Labute approximate surface area is 165 Å². The summed E-state index contributed by atoms with van der Waals surface area (Å²) in [4.78, 5) is 24.9. The fourth-order valence-electron chi connectivity index (χ4n) is 2.48. The molecule has 0 saturated carbocycles. The minimum atomic E-state index is -0.684. The molecular weight excluding hydrogens is 364 g/mol. The summed E-state index contributed by atoms with van der Waals surface area (Å²) in [7, 11) is 0. The van der Waals surface area contributed by atoms with Crippen molar-refractivity contribution in [2.45, 2.75) is 53.6 Å². The number of amides is 2. The molecule has 0 heterocycles. The maximum absolute atomic E-state index is 12.4. The first-order valence-electron chi connectivity index (χ1n) is 9.11. The van der Waals surface area contributed by atoms with Crippen molar-refractivity contribution in [2.24, 2.45) is 10.8 Å². The molecular formula is C20H32N2O6. The van der Waals surface area contributed by atoms with Crippen molar-refractivity contribution in [1.29, 1.82) is 0 Å². The van der Waals surface area contributed by atoms with Crippen LogP contribution in [0.3, 0.4) is 0 Å². The zero-order valence-electron chi connectivity index (χ0n) is 17.3. The second-order valence-electron chi connectivity index (χ2n) is 9.04. The molecule has 8 heteroatoms. The summed E-state index contributed by atoms with van der Waals surface area (Å²) >= 11 is 0. The van der Waals surface area contributed by atoms with Gasteiger partial charge in [-0.1, -0.05) is 41.5 Å². The minimum absolute atomic E-state index is 0.216. The average Bonchev–Trinajstić information content (AvgIpc) is 2.56. The fourth-order valence-corrected chi connectivity index (χ4v) is 2.48. The summed E-state index contributed by atoms with van der Waals surface area (Å²) in [5, 5.41) is 44.6. The molecule has 1 aromatic rings. The van der Waals surface area contributed by atoms with Crippen LogP contribution < -0.4 is 10.6 Å². The zero-order valence-corrected chi connectivity index (χ0v) is 17.3. The lowest BCUT2D eigenvalue weighted by atomic mass is 9.87. The molecule has 6 N–H and O–H groups in total. The largest absolute Gasteiger partial charge is 0.507 e. The van der Waals surface area contributed by atoms with E-state index in [1.54, 1.807) is 0 Å². The fraction of sp³-hybridized carbons (Fsp3) is 0.600. The highest BCUT2D eigenvalue weighted by atomic mass is 16.3. The molecule has 0 aliphatic heterocycles. The molecule has 0 aromatic heterocycles. The summed E-state index contributed by atoms with van der Waals surface area (Å²) in [5.74, 6) is -2.34. The third kappa shape index (κ3) is 5.84. The van der Waals surface area contributed by atoms with Crippen LogP contribution in [0.2, 0.25) is 0 Å². The van der Waals surface area contributed by atoms with E-state index in [-0.39, 0.29) is 24.3 Å². The number of aliphatic hydroxyl groups is 2. The molecule has 1 aromatic carbocycles. The number of phenolic OH excluding ortho intramolecular Hbond substituents is 2. The Morgan fingerprint density at radius 3 is 1.29 bits per heavy atom. The summed E-state index contributed by atoms with van der Waals surface area (Å²) < 4.78 is 0. The predicted octanol–water partition coefficient (Wildman–Crippen LogP) is 1.37. The van der Waals surface area contributed by atoms with E-state index < -0.39 is 46.2 Å². The van der Waals surface area contributed by atoms with Crippen molar-refractivity contribution in [3.8, 4) is 11.5 Å². The Kier molecular flexibility index (Phi) is 7.45. The first-order chi connectivity index (χ1) is 12.7. The molecule has 0 saturated heterocycles. The molecule has 2 atom stereocenters. The summed E-state index contributed by atoms with van der Waals surface area (Å²) in [6, 6.07) is 0.868. The van der Waals surface area contributed by atoms with Gasteiger partial charge in [0.1, 0.15) is 11.5 Å². The number of carbonyl (C=O) groups is 2. The Hall–Kier alpha value is -2.32. The average molecular weight is 396 g/mol. The topological polar surface area (TPSA) is 139 Å². The number of hydrogen-bond acceptors (Lipinski definition) is 6. The molecule has 0 unspecified atom stereocenters. The Morgan fingerprint density at radius 1 is 0.786 bits per heavy atom. The van der Waals surface area contributed by atoms with Crippen LogP contribution in [0, 0.1) is 10.8 Å². The number of nitrogens with one attached hydrogen (secondary N) is 2. The van der Waals surface area contributed by atoms with Crippen LogP contribution in [0.5, 0.6) is 11.5 Å². The van der Waals surface area contributed by atoms with Gasteiger partial charge in [0.2, 0.25) is 0 Å². The van der Waals surface area contributed by atoms with Crippen LogP contribution in [0.25, 0.3) is 0 Å². The molecule has 0 aliphatic carbocycles. The monoisotopic (exact) mass is 396 g/mol. The summed E-state index contributed by atoms with van der Waals surface area (Å²) in [6.07, 6.45) is 0. The van der Waals surface area contributed by atoms with Crippen molar-refractivity contribution in [3.63, 3.8) is 0 Å².